The second-order valence-corrected chi connectivity index (χ2v) is 6.96. The summed E-state index contributed by atoms with van der Waals surface area (Å²) in [5.74, 6) is 0.977. The molecule has 0 spiro atoms. The minimum atomic E-state index is -0.304. The number of benzene rings is 1. The lowest BCUT2D eigenvalue weighted by Crippen LogP contribution is -2.40. The Balaban J connectivity index is 0.00000392. The summed E-state index contributed by atoms with van der Waals surface area (Å²) in [6, 6.07) is 6.15. The molecule has 28 heavy (non-hydrogen) atoms. The number of aliphatic imine (C=N–C) groups is 1. The van der Waals surface area contributed by atoms with E-state index in [-0.39, 0.29) is 42.0 Å². The van der Waals surface area contributed by atoms with Gasteiger partial charge in [-0.3, -0.25) is 0 Å². The Bertz CT molecular complexity index is 583. The highest BCUT2D eigenvalue weighted by Crippen LogP contribution is 2.14. The van der Waals surface area contributed by atoms with Crippen molar-refractivity contribution in [2.45, 2.75) is 45.3 Å². The van der Waals surface area contributed by atoms with Crippen LogP contribution in [0.3, 0.4) is 0 Å². The van der Waals surface area contributed by atoms with Crippen LogP contribution in [0.1, 0.15) is 33.1 Å². The molecule has 1 heterocycles. The highest BCUT2D eigenvalue weighted by atomic mass is 127. The first-order valence-electron chi connectivity index (χ1n) is 9.91. The van der Waals surface area contributed by atoms with Crippen LogP contribution in [0.25, 0.3) is 0 Å². The number of nitrogens with zero attached hydrogens (tertiary/aromatic N) is 2. The summed E-state index contributed by atoms with van der Waals surface area (Å²) in [4.78, 5) is 6.95. The first-order valence-corrected chi connectivity index (χ1v) is 9.91. The summed E-state index contributed by atoms with van der Waals surface area (Å²) < 4.78 is 18.9. The fraction of sp³-hybridized carbons (Fsp3) is 0.650. The number of hydrogen-bond acceptors (Lipinski definition) is 4. The van der Waals surface area contributed by atoms with Crippen LogP contribution < -0.4 is 15.4 Å². The molecule has 0 aliphatic carbocycles. The molecule has 160 valence electrons. The van der Waals surface area contributed by atoms with Crippen LogP contribution in [-0.2, 0) is 0 Å². The number of aliphatic hydroxyl groups excluding tert-OH is 1. The molecule has 3 N–H and O–H groups in total. The molecule has 1 aliphatic rings. The number of ether oxygens (including phenoxy) is 1. The fourth-order valence-electron chi connectivity index (χ4n) is 3.02. The average molecular weight is 508 g/mol. The van der Waals surface area contributed by atoms with Crippen LogP contribution in [0.2, 0.25) is 0 Å². The van der Waals surface area contributed by atoms with Crippen LogP contribution in [0, 0.1) is 5.82 Å². The SMILES string of the molecule is CCNC(=NCC(C)Oc1cccc(F)c1)NCCCN1CCC(O)CC1.I. The molecule has 6 nitrogen and oxygen atoms in total. The summed E-state index contributed by atoms with van der Waals surface area (Å²) in [5.41, 5.74) is 0. The van der Waals surface area contributed by atoms with Crippen molar-refractivity contribution in [2.24, 2.45) is 4.99 Å². The molecule has 1 fully saturated rings. The fourth-order valence-corrected chi connectivity index (χ4v) is 3.02. The quantitative estimate of drug-likeness (QED) is 0.207. The van der Waals surface area contributed by atoms with E-state index in [0.717, 1.165) is 57.9 Å². The lowest BCUT2D eigenvalue weighted by Gasteiger charge is -2.29. The molecule has 0 saturated carbocycles. The van der Waals surface area contributed by atoms with Crippen molar-refractivity contribution >= 4 is 29.9 Å². The molecule has 0 radical (unpaired) electrons. The maximum Gasteiger partial charge on any atom is 0.191 e. The van der Waals surface area contributed by atoms with E-state index in [9.17, 15) is 9.50 Å². The third kappa shape index (κ3) is 9.88. The van der Waals surface area contributed by atoms with Crippen LogP contribution in [0.4, 0.5) is 4.39 Å². The minimum Gasteiger partial charge on any atom is -0.489 e. The standard InChI is InChI=1S/C20H33FN4O2.HI/c1-3-22-20(23-10-5-11-25-12-8-18(26)9-13-25)24-15-16(2)27-19-7-4-6-17(21)14-19;/h4,6-7,14,16,18,26H,3,5,8-13,15H2,1-2H3,(H2,22,23,24);1H. The molecule has 1 unspecified atom stereocenters. The highest BCUT2D eigenvalue weighted by Gasteiger charge is 2.16. The van der Waals surface area contributed by atoms with E-state index < -0.39 is 0 Å². The van der Waals surface area contributed by atoms with E-state index in [2.05, 4.69) is 20.5 Å². The van der Waals surface area contributed by atoms with Gasteiger partial charge in [0.1, 0.15) is 17.7 Å². The monoisotopic (exact) mass is 508 g/mol. The lowest BCUT2D eigenvalue weighted by atomic mass is 10.1. The minimum absolute atomic E-state index is 0. The third-order valence-corrected chi connectivity index (χ3v) is 4.48. The Kier molecular flexibility index (Phi) is 12.4. The highest BCUT2D eigenvalue weighted by molar-refractivity contribution is 14.0. The van der Waals surface area contributed by atoms with Crippen molar-refractivity contribution in [1.29, 1.82) is 0 Å². The molecule has 0 aromatic heterocycles. The summed E-state index contributed by atoms with van der Waals surface area (Å²) in [6.07, 6.45) is 2.50. The maximum atomic E-state index is 13.2. The number of likely N-dealkylation sites (tertiary alicyclic amines) is 1. The molecule has 1 aliphatic heterocycles. The van der Waals surface area contributed by atoms with Crippen molar-refractivity contribution in [3.63, 3.8) is 0 Å². The van der Waals surface area contributed by atoms with Crippen LogP contribution in [-0.4, -0.2) is 67.4 Å². The van der Waals surface area contributed by atoms with Crippen LogP contribution in [0.5, 0.6) is 5.75 Å². The molecule has 1 aromatic carbocycles. The first-order chi connectivity index (χ1) is 13.1. The zero-order valence-electron chi connectivity index (χ0n) is 16.9. The first kappa shape index (κ1) is 24.9. The van der Waals surface area contributed by atoms with Crippen LogP contribution in [0.15, 0.2) is 29.3 Å². The molecule has 1 aromatic rings. The van der Waals surface area contributed by atoms with Gasteiger partial charge in [0.2, 0.25) is 0 Å². The summed E-state index contributed by atoms with van der Waals surface area (Å²) >= 11 is 0. The second-order valence-electron chi connectivity index (χ2n) is 6.96. The zero-order chi connectivity index (χ0) is 19.5. The van der Waals surface area contributed by atoms with Gasteiger partial charge in [-0.25, -0.2) is 9.38 Å². The van der Waals surface area contributed by atoms with Gasteiger partial charge in [0.15, 0.2) is 5.96 Å². The van der Waals surface area contributed by atoms with Gasteiger partial charge in [-0.05, 0) is 51.8 Å². The van der Waals surface area contributed by atoms with Crippen molar-refractivity contribution in [3.8, 4) is 5.75 Å². The smallest absolute Gasteiger partial charge is 0.191 e. The van der Waals surface area contributed by atoms with E-state index in [1.54, 1.807) is 12.1 Å². The van der Waals surface area contributed by atoms with Crippen molar-refractivity contribution in [2.75, 3.05) is 39.3 Å². The van der Waals surface area contributed by atoms with Gasteiger partial charge in [-0.2, -0.15) is 0 Å². The van der Waals surface area contributed by atoms with Crippen LogP contribution >= 0.6 is 24.0 Å². The number of piperidine rings is 1. The van der Waals surface area contributed by atoms with Gasteiger partial charge in [0.25, 0.3) is 0 Å². The number of halogens is 2. The normalized spacial score (nSPS) is 16.9. The summed E-state index contributed by atoms with van der Waals surface area (Å²) in [7, 11) is 0. The summed E-state index contributed by atoms with van der Waals surface area (Å²) in [5, 5.41) is 16.1. The maximum absolute atomic E-state index is 13.2. The van der Waals surface area contributed by atoms with Crippen molar-refractivity contribution in [1.82, 2.24) is 15.5 Å². The predicted octanol–water partition coefficient (Wildman–Crippen LogP) is 2.61. The zero-order valence-corrected chi connectivity index (χ0v) is 19.2. The van der Waals surface area contributed by atoms with Crippen molar-refractivity contribution < 1.29 is 14.2 Å². The number of guanidine groups is 1. The molecule has 1 atom stereocenters. The lowest BCUT2D eigenvalue weighted by molar-refractivity contribution is 0.0823. The Morgan fingerprint density at radius 2 is 2.11 bits per heavy atom. The number of nitrogens with one attached hydrogen (secondary N) is 2. The molecular weight excluding hydrogens is 474 g/mol. The van der Waals surface area contributed by atoms with Gasteiger partial charge in [0.05, 0.1) is 12.6 Å². The molecule has 0 bridgehead atoms. The van der Waals surface area contributed by atoms with E-state index in [1.165, 1.54) is 12.1 Å². The Hall–Kier alpha value is -1.13. The van der Waals surface area contributed by atoms with E-state index in [0.29, 0.717) is 12.3 Å². The van der Waals surface area contributed by atoms with Gasteiger partial charge in [-0.15, -0.1) is 24.0 Å². The number of hydrogen-bond donors (Lipinski definition) is 3. The Morgan fingerprint density at radius 3 is 2.79 bits per heavy atom. The Labute approximate surface area is 185 Å². The molecule has 2 rings (SSSR count). The van der Waals surface area contributed by atoms with Gasteiger partial charge >= 0.3 is 0 Å². The topological polar surface area (TPSA) is 69.1 Å². The molecule has 8 heteroatoms. The Morgan fingerprint density at radius 1 is 1.36 bits per heavy atom. The summed E-state index contributed by atoms with van der Waals surface area (Å²) in [6.45, 7) is 9.03. The number of rotatable bonds is 9. The third-order valence-electron chi connectivity index (χ3n) is 4.48. The van der Waals surface area contributed by atoms with Gasteiger partial charge in [-0.1, -0.05) is 6.07 Å². The van der Waals surface area contributed by atoms with E-state index >= 15 is 0 Å². The van der Waals surface area contributed by atoms with E-state index in [4.69, 9.17) is 4.74 Å². The average Bonchev–Trinajstić information content (AvgIpc) is 2.64. The van der Waals surface area contributed by atoms with Crippen molar-refractivity contribution in [3.05, 3.63) is 30.1 Å². The number of aliphatic hydroxyl groups is 1. The molecular formula is C20H34FIN4O2. The van der Waals surface area contributed by atoms with E-state index in [1.807, 2.05) is 13.8 Å². The predicted molar refractivity (Wildman–Crippen MR) is 122 cm³/mol. The van der Waals surface area contributed by atoms with Gasteiger partial charge < -0.3 is 25.4 Å². The largest absolute Gasteiger partial charge is 0.489 e. The molecule has 0 amide bonds. The second kappa shape index (κ2) is 13.9. The van der Waals surface area contributed by atoms with Gasteiger partial charge in [0, 0.05) is 32.2 Å². The molecule has 1 saturated heterocycles.